The van der Waals surface area contributed by atoms with Crippen molar-refractivity contribution < 1.29 is 18.9 Å². The number of hydrogen-bond acceptors (Lipinski definition) is 2. The van der Waals surface area contributed by atoms with Crippen LogP contribution in [0.4, 0.5) is 0 Å². The van der Waals surface area contributed by atoms with E-state index in [0.717, 1.165) is 0 Å². The van der Waals surface area contributed by atoms with E-state index in [1.165, 1.54) is 0 Å². The van der Waals surface area contributed by atoms with Gasteiger partial charge in [-0.05, 0) is 13.8 Å². The molecule has 0 aliphatic rings. The lowest BCUT2D eigenvalue weighted by Gasteiger charge is -2.36. The first kappa shape index (κ1) is 12.3. The molecule has 0 heterocycles. The summed E-state index contributed by atoms with van der Waals surface area (Å²) in [7, 11) is -6.06. The van der Waals surface area contributed by atoms with Crippen LogP contribution in [-0.4, -0.2) is 23.1 Å². The Labute approximate surface area is 74.2 Å². The van der Waals surface area contributed by atoms with Crippen LogP contribution >= 0.6 is 7.82 Å². The molecule has 0 bridgehead atoms. The van der Waals surface area contributed by atoms with Crippen LogP contribution in [0.3, 0.4) is 0 Å². The molecule has 0 atom stereocenters. The van der Waals surface area contributed by atoms with Gasteiger partial charge in [0.15, 0.2) is 0 Å². The van der Waals surface area contributed by atoms with Crippen molar-refractivity contribution in [3.63, 3.8) is 0 Å². The van der Waals surface area contributed by atoms with Gasteiger partial charge in [0.05, 0.1) is 13.3 Å². The molecule has 0 fully saturated rings. The maximum Gasteiger partial charge on any atom is 0.469 e. The second kappa shape index (κ2) is 3.23. The quantitative estimate of drug-likeness (QED) is 0.552. The molecule has 0 aromatic rings. The van der Waals surface area contributed by atoms with Gasteiger partial charge in [-0.1, -0.05) is 19.6 Å². The molecule has 0 rings (SSSR count). The zero-order valence-electron chi connectivity index (χ0n) is 8.16. The smallest absolute Gasteiger partial charge is 0.303 e. The van der Waals surface area contributed by atoms with E-state index in [9.17, 15) is 4.57 Å². The van der Waals surface area contributed by atoms with Crippen molar-refractivity contribution in [2.45, 2.75) is 38.7 Å². The second-order valence-corrected chi connectivity index (χ2v) is 11.2. The third-order valence-corrected chi connectivity index (χ3v) is 6.73. The highest BCUT2D eigenvalue weighted by Gasteiger charge is 2.40. The summed E-state index contributed by atoms with van der Waals surface area (Å²) in [6.07, 6.45) is 0. The largest absolute Gasteiger partial charge is 0.469 e. The minimum Gasteiger partial charge on any atom is -0.303 e. The first-order valence-corrected chi connectivity index (χ1v) is 8.75. The molecule has 0 amide bonds. The number of hydrogen-bond donors (Lipinski definition) is 2. The molecule has 0 unspecified atom stereocenters. The summed E-state index contributed by atoms with van der Waals surface area (Å²) in [4.78, 5) is 17.3. The van der Waals surface area contributed by atoms with Crippen molar-refractivity contribution in [1.82, 2.24) is 0 Å². The zero-order chi connectivity index (χ0) is 10.2. The Morgan fingerprint density at radius 1 is 1.25 bits per heavy atom. The Kier molecular flexibility index (Phi) is 3.32. The van der Waals surface area contributed by atoms with Gasteiger partial charge in [0, 0.05) is 0 Å². The van der Waals surface area contributed by atoms with Gasteiger partial charge < -0.3 is 9.79 Å². The van der Waals surface area contributed by atoms with Gasteiger partial charge in [0.1, 0.15) is 0 Å². The summed E-state index contributed by atoms with van der Waals surface area (Å²) in [5.74, 6) is 0. The monoisotopic (exact) mass is 212 g/mol. The topological polar surface area (TPSA) is 66.8 Å². The summed E-state index contributed by atoms with van der Waals surface area (Å²) in [5.41, 5.74) is 0. The second-order valence-electron chi connectivity index (χ2n) is 4.34. The predicted octanol–water partition coefficient (Wildman–Crippen LogP) is 1.75. The number of phosphoric ester groups is 1. The van der Waals surface area contributed by atoms with Crippen molar-refractivity contribution in [2.75, 3.05) is 0 Å². The molecule has 12 heavy (non-hydrogen) atoms. The van der Waals surface area contributed by atoms with Crippen LogP contribution in [0.25, 0.3) is 0 Å². The van der Waals surface area contributed by atoms with Crippen molar-refractivity contribution in [1.29, 1.82) is 0 Å². The Hall–Kier alpha value is 0.327. The van der Waals surface area contributed by atoms with Gasteiger partial charge >= 0.3 is 7.82 Å². The highest BCUT2D eigenvalue weighted by Crippen LogP contribution is 2.44. The third kappa shape index (κ3) is 3.82. The molecular weight excluding hydrogens is 195 g/mol. The van der Waals surface area contributed by atoms with Gasteiger partial charge in [0.2, 0.25) is 0 Å². The van der Waals surface area contributed by atoms with Crippen molar-refractivity contribution in [3.8, 4) is 0 Å². The van der Waals surface area contributed by atoms with Crippen LogP contribution in [0, 0.1) is 0 Å². The lowest BCUT2D eigenvalue weighted by molar-refractivity contribution is 0.119. The molecule has 0 saturated carbocycles. The van der Waals surface area contributed by atoms with E-state index in [2.05, 4.69) is 0 Å². The van der Waals surface area contributed by atoms with E-state index in [0.29, 0.717) is 0 Å². The van der Waals surface area contributed by atoms with Crippen LogP contribution < -0.4 is 0 Å². The van der Waals surface area contributed by atoms with E-state index in [4.69, 9.17) is 14.3 Å². The molecule has 0 aliphatic carbocycles. The highest BCUT2D eigenvalue weighted by atomic mass is 31.2. The van der Waals surface area contributed by atoms with Crippen molar-refractivity contribution in [3.05, 3.63) is 0 Å². The summed E-state index contributed by atoms with van der Waals surface area (Å²) in [6.45, 7) is 9.45. The minimum atomic E-state index is -4.35. The molecule has 6 heteroatoms. The van der Waals surface area contributed by atoms with Crippen molar-refractivity contribution in [2.24, 2.45) is 0 Å². The maximum atomic E-state index is 10.6. The fourth-order valence-corrected chi connectivity index (χ4v) is 2.48. The Bertz CT molecular complexity index is 202. The van der Waals surface area contributed by atoms with Crippen LogP contribution in [0.1, 0.15) is 13.8 Å². The van der Waals surface area contributed by atoms with Crippen LogP contribution in [0.15, 0.2) is 0 Å². The average Bonchev–Trinajstić information content (AvgIpc) is 1.52. The molecule has 0 aromatic carbocycles. The van der Waals surface area contributed by atoms with Crippen molar-refractivity contribution >= 4 is 15.9 Å². The molecule has 2 N–H and O–H groups in total. The molecule has 4 nitrogen and oxygen atoms in total. The normalized spacial score (nSPS) is 14.9. The number of phosphoric acid groups is 1. The van der Waals surface area contributed by atoms with Gasteiger partial charge in [-0.15, -0.1) is 0 Å². The molecule has 0 aliphatic heterocycles. The van der Waals surface area contributed by atoms with Crippen LogP contribution in [0.5, 0.6) is 0 Å². The van der Waals surface area contributed by atoms with Crippen LogP contribution in [0.2, 0.25) is 19.6 Å². The fourth-order valence-electron chi connectivity index (χ4n) is 0.434. The summed E-state index contributed by atoms with van der Waals surface area (Å²) >= 11 is 0. The van der Waals surface area contributed by atoms with E-state index >= 15 is 0 Å². The highest BCUT2D eigenvalue weighted by molar-refractivity contribution is 7.46. The third-order valence-electron chi connectivity index (χ3n) is 2.15. The van der Waals surface area contributed by atoms with Gasteiger partial charge in [-0.25, -0.2) is 4.57 Å². The van der Waals surface area contributed by atoms with E-state index in [1.54, 1.807) is 13.8 Å². The zero-order valence-corrected chi connectivity index (χ0v) is 10.1. The fraction of sp³-hybridized carbons (Fsp3) is 1.00. The molecular formula is C6H17O4PSi. The SMILES string of the molecule is CC(C)(OP(=O)(O)O)[Si](C)(C)C. The standard InChI is InChI=1S/C6H17O4PSi/c1-6(2,12(3,4)5)10-11(7,8)9/h1-5H3,(H2,7,8,9). The van der Waals surface area contributed by atoms with Gasteiger partial charge in [-0.2, -0.15) is 0 Å². The maximum absolute atomic E-state index is 10.6. The Morgan fingerprint density at radius 3 is 1.67 bits per heavy atom. The lowest BCUT2D eigenvalue weighted by Crippen LogP contribution is -2.48. The van der Waals surface area contributed by atoms with Crippen LogP contribution in [-0.2, 0) is 9.09 Å². The van der Waals surface area contributed by atoms with E-state index in [1.807, 2.05) is 19.6 Å². The van der Waals surface area contributed by atoms with Gasteiger partial charge in [0.25, 0.3) is 0 Å². The van der Waals surface area contributed by atoms with E-state index < -0.39 is 21.1 Å². The summed E-state index contributed by atoms with van der Waals surface area (Å²) < 4.78 is 15.3. The average molecular weight is 212 g/mol. The van der Waals surface area contributed by atoms with Gasteiger partial charge in [-0.3, -0.25) is 4.52 Å². The number of rotatable bonds is 3. The first-order valence-electron chi connectivity index (χ1n) is 3.72. The molecule has 0 radical (unpaired) electrons. The molecule has 74 valence electrons. The first-order chi connectivity index (χ1) is 4.96. The van der Waals surface area contributed by atoms with E-state index in [-0.39, 0.29) is 0 Å². The summed E-state index contributed by atoms with van der Waals surface area (Å²) in [5, 5.41) is -0.702. The predicted molar refractivity (Wildman–Crippen MR) is 50.6 cm³/mol. The molecule has 0 aromatic heterocycles. The summed E-state index contributed by atoms with van der Waals surface area (Å²) in [6, 6.07) is 0. The Morgan fingerprint density at radius 2 is 1.58 bits per heavy atom. The Balaban J connectivity index is 4.56. The lowest BCUT2D eigenvalue weighted by atomic mass is 10.5. The molecule has 0 saturated heterocycles. The molecule has 0 spiro atoms. The minimum absolute atomic E-state index is 0.702.